The number of carbonyl (C=O) groups is 2. The van der Waals surface area contributed by atoms with Crippen LogP contribution in [0.4, 0.5) is 4.39 Å². The molecule has 1 N–H and O–H groups in total. The number of methoxy groups -OCH3 is 1. The van der Waals surface area contributed by atoms with Crippen LogP contribution in [0.15, 0.2) is 48.5 Å². The van der Waals surface area contributed by atoms with Gasteiger partial charge in [0.05, 0.1) is 18.6 Å². The molecule has 0 bridgehead atoms. The maximum atomic E-state index is 13.0. The third kappa shape index (κ3) is 6.14. The lowest BCUT2D eigenvalue weighted by molar-refractivity contribution is -0.151. The predicted molar refractivity (Wildman–Crippen MR) is 118 cm³/mol. The summed E-state index contributed by atoms with van der Waals surface area (Å²) in [6.45, 7) is 3.70. The van der Waals surface area contributed by atoms with E-state index in [4.69, 9.17) is 9.47 Å². The number of halogens is 1. The number of piperidine rings is 1. The van der Waals surface area contributed by atoms with Crippen molar-refractivity contribution in [1.29, 1.82) is 0 Å². The minimum atomic E-state index is -1.13. The molecule has 2 aromatic carbocycles. The van der Waals surface area contributed by atoms with Crippen molar-refractivity contribution in [2.45, 2.75) is 38.2 Å². The van der Waals surface area contributed by atoms with Crippen LogP contribution in [-0.2, 0) is 4.79 Å². The van der Waals surface area contributed by atoms with Gasteiger partial charge in [0.15, 0.2) is 5.78 Å². The molecule has 1 fully saturated rings. The Morgan fingerprint density at radius 2 is 1.78 bits per heavy atom. The number of hydrogen-bond acceptors (Lipinski definition) is 6. The third-order valence-corrected chi connectivity index (χ3v) is 6.19. The molecule has 0 radical (unpaired) electrons. The number of rotatable bonds is 9. The van der Waals surface area contributed by atoms with Crippen LogP contribution in [0, 0.1) is 11.7 Å². The second-order valence-electron chi connectivity index (χ2n) is 8.30. The van der Waals surface area contributed by atoms with Crippen molar-refractivity contribution in [2.24, 2.45) is 5.92 Å². The molecule has 0 aliphatic carbocycles. The normalized spacial score (nSPS) is 16.9. The van der Waals surface area contributed by atoms with Crippen LogP contribution < -0.4 is 9.47 Å². The zero-order valence-electron chi connectivity index (χ0n) is 18.6. The van der Waals surface area contributed by atoms with E-state index in [-0.39, 0.29) is 11.6 Å². The number of ether oxygens (including phenoxy) is 2. The minimum absolute atomic E-state index is 0.00701. The number of likely N-dealkylation sites (tertiary alicyclic amines) is 1. The number of esters is 1. The first kappa shape index (κ1) is 23.9. The minimum Gasteiger partial charge on any atom is -0.497 e. The molecule has 3 rings (SSSR count). The number of nitrogens with zero attached hydrogens (tertiary/aromatic N) is 1. The van der Waals surface area contributed by atoms with Crippen LogP contribution in [0.5, 0.6) is 11.5 Å². The maximum absolute atomic E-state index is 13.0. The zero-order valence-corrected chi connectivity index (χ0v) is 18.6. The number of carbonyl (C=O) groups excluding carboxylic acids is 2. The van der Waals surface area contributed by atoms with Gasteiger partial charge in [0.25, 0.3) is 0 Å². The lowest BCUT2D eigenvalue weighted by Gasteiger charge is -2.40. The van der Waals surface area contributed by atoms with E-state index in [0.717, 1.165) is 6.54 Å². The molecule has 1 atom stereocenters. The molecule has 0 saturated carbocycles. The van der Waals surface area contributed by atoms with E-state index in [2.05, 4.69) is 4.90 Å². The van der Waals surface area contributed by atoms with Crippen molar-refractivity contribution in [1.82, 2.24) is 4.90 Å². The molecule has 1 saturated heterocycles. The molecule has 0 aromatic heterocycles. The van der Waals surface area contributed by atoms with Crippen LogP contribution in [0.25, 0.3) is 0 Å². The summed E-state index contributed by atoms with van der Waals surface area (Å²) in [5.41, 5.74) is -0.612. The summed E-state index contributed by atoms with van der Waals surface area (Å²) in [5, 5.41) is 11.1. The smallest absolute Gasteiger partial charge is 0.316 e. The molecule has 6 nitrogen and oxygen atoms in total. The van der Waals surface area contributed by atoms with Gasteiger partial charge in [-0.05, 0) is 69.1 Å². The molecule has 1 aliphatic rings. The highest BCUT2D eigenvalue weighted by atomic mass is 19.1. The Labute approximate surface area is 187 Å². The molecular weight excluding hydrogens is 413 g/mol. The Bertz CT molecular complexity index is 922. The molecule has 32 heavy (non-hydrogen) atoms. The quantitative estimate of drug-likeness (QED) is 0.360. The maximum Gasteiger partial charge on any atom is 0.316 e. The van der Waals surface area contributed by atoms with Gasteiger partial charge in [-0.3, -0.25) is 9.59 Å². The molecule has 7 heteroatoms. The topological polar surface area (TPSA) is 76.1 Å². The Hall–Kier alpha value is -2.77. The highest BCUT2D eigenvalue weighted by molar-refractivity contribution is 5.95. The van der Waals surface area contributed by atoms with E-state index >= 15 is 0 Å². The summed E-state index contributed by atoms with van der Waals surface area (Å²) < 4.78 is 23.6. The lowest BCUT2D eigenvalue weighted by Crippen LogP contribution is -2.51. The molecule has 1 heterocycles. The van der Waals surface area contributed by atoms with E-state index in [1.165, 1.54) is 24.3 Å². The monoisotopic (exact) mass is 443 g/mol. The van der Waals surface area contributed by atoms with Crippen molar-refractivity contribution in [3.05, 3.63) is 59.9 Å². The first-order chi connectivity index (χ1) is 15.3. The Balaban J connectivity index is 1.44. The highest BCUT2D eigenvalue weighted by Gasteiger charge is 2.41. The number of benzene rings is 2. The van der Waals surface area contributed by atoms with Gasteiger partial charge in [-0.2, -0.15) is 0 Å². The van der Waals surface area contributed by atoms with Crippen molar-refractivity contribution in [3.8, 4) is 11.5 Å². The van der Waals surface area contributed by atoms with Gasteiger partial charge in [0.1, 0.15) is 17.3 Å². The highest BCUT2D eigenvalue weighted by Crippen LogP contribution is 2.31. The summed E-state index contributed by atoms with van der Waals surface area (Å²) in [6, 6.07) is 12.4. The Morgan fingerprint density at radius 3 is 2.44 bits per heavy atom. The van der Waals surface area contributed by atoms with E-state index < -0.39 is 17.5 Å². The fraction of sp³-hybridized carbons (Fsp3) is 0.440. The van der Waals surface area contributed by atoms with Crippen molar-refractivity contribution in [3.63, 3.8) is 0 Å². The number of aliphatic hydroxyl groups is 1. The van der Waals surface area contributed by atoms with Crippen molar-refractivity contribution >= 4 is 11.8 Å². The van der Waals surface area contributed by atoms with Crippen molar-refractivity contribution in [2.75, 3.05) is 26.7 Å². The van der Waals surface area contributed by atoms with E-state index in [0.29, 0.717) is 55.8 Å². The van der Waals surface area contributed by atoms with E-state index in [9.17, 15) is 19.1 Å². The van der Waals surface area contributed by atoms with Crippen LogP contribution in [0.1, 0.15) is 43.0 Å². The zero-order chi connectivity index (χ0) is 23.1. The Morgan fingerprint density at radius 1 is 1.12 bits per heavy atom. The van der Waals surface area contributed by atoms with Gasteiger partial charge in [0.2, 0.25) is 0 Å². The fourth-order valence-electron chi connectivity index (χ4n) is 3.93. The number of hydrogen-bond donors (Lipinski definition) is 1. The summed E-state index contributed by atoms with van der Waals surface area (Å²) in [7, 11) is 1.54. The number of Topliss-reactive ketones (excluding diaryl/α,β-unsaturated/α-hetero) is 1. The number of ketones is 1. The summed E-state index contributed by atoms with van der Waals surface area (Å²) >= 11 is 0. The second kappa shape index (κ2) is 10.7. The van der Waals surface area contributed by atoms with Crippen LogP contribution >= 0.6 is 0 Å². The fourth-order valence-corrected chi connectivity index (χ4v) is 3.93. The summed E-state index contributed by atoms with van der Waals surface area (Å²) in [4.78, 5) is 27.0. The van der Waals surface area contributed by atoms with Gasteiger partial charge in [-0.25, -0.2) is 4.39 Å². The standard InChI is InChI=1S/C25H30FNO5/c1-18(24(29)32-22-6-3-5-21(17-22)31-2)25(30)12-15-27(16-13-25)14-4-7-23(28)19-8-10-20(26)11-9-19/h3,5-6,8-11,17-18,30H,4,7,12-16H2,1-2H3. The molecule has 0 spiro atoms. The molecule has 0 amide bonds. The van der Waals surface area contributed by atoms with E-state index in [1.807, 2.05) is 0 Å². The third-order valence-electron chi connectivity index (χ3n) is 6.19. The van der Waals surface area contributed by atoms with Gasteiger partial charge < -0.3 is 19.5 Å². The van der Waals surface area contributed by atoms with Crippen molar-refractivity contribution < 1.29 is 28.6 Å². The van der Waals surface area contributed by atoms with Gasteiger partial charge >= 0.3 is 5.97 Å². The Kier molecular flexibility index (Phi) is 7.99. The first-order valence-corrected chi connectivity index (χ1v) is 10.9. The average molecular weight is 444 g/mol. The molecule has 1 aliphatic heterocycles. The summed E-state index contributed by atoms with van der Waals surface area (Å²) in [6.07, 6.45) is 1.97. The molecular formula is C25H30FNO5. The molecule has 2 aromatic rings. The van der Waals surface area contributed by atoms with Gasteiger partial charge in [-0.15, -0.1) is 0 Å². The van der Waals surface area contributed by atoms with E-state index in [1.54, 1.807) is 38.3 Å². The van der Waals surface area contributed by atoms with Gasteiger partial charge in [0, 0.05) is 31.1 Å². The van der Waals surface area contributed by atoms with Gasteiger partial charge in [-0.1, -0.05) is 6.07 Å². The second-order valence-corrected chi connectivity index (χ2v) is 8.30. The summed E-state index contributed by atoms with van der Waals surface area (Å²) in [5.74, 6) is -0.535. The SMILES string of the molecule is COc1cccc(OC(=O)C(C)C2(O)CCN(CCCC(=O)c3ccc(F)cc3)CC2)c1. The largest absolute Gasteiger partial charge is 0.497 e. The average Bonchev–Trinajstić information content (AvgIpc) is 2.80. The predicted octanol–water partition coefficient (Wildman–Crippen LogP) is 3.87. The molecule has 172 valence electrons. The lowest BCUT2D eigenvalue weighted by atomic mass is 9.80. The van der Waals surface area contributed by atoms with Crippen LogP contribution in [0.2, 0.25) is 0 Å². The first-order valence-electron chi connectivity index (χ1n) is 10.9. The van der Waals surface area contributed by atoms with Crippen LogP contribution in [0.3, 0.4) is 0 Å². The van der Waals surface area contributed by atoms with Crippen LogP contribution in [-0.4, -0.2) is 54.1 Å². The molecule has 1 unspecified atom stereocenters.